The lowest BCUT2D eigenvalue weighted by atomic mass is 9.77. The zero-order valence-electron chi connectivity index (χ0n) is 12.8. The Morgan fingerprint density at radius 2 is 1.68 bits per heavy atom. The van der Waals surface area contributed by atoms with Crippen molar-refractivity contribution in [2.45, 2.75) is 19.4 Å². The van der Waals surface area contributed by atoms with E-state index >= 15 is 0 Å². The van der Waals surface area contributed by atoms with Crippen LogP contribution in [0.4, 0.5) is 0 Å². The summed E-state index contributed by atoms with van der Waals surface area (Å²) in [6.07, 6.45) is 0.587. The van der Waals surface area contributed by atoms with Crippen molar-refractivity contribution in [3.63, 3.8) is 0 Å². The van der Waals surface area contributed by atoms with Crippen LogP contribution in [0.1, 0.15) is 30.5 Å². The molecule has 0 bridgehead atoms. The molecule has 0 spiro atoms. The van der Waals surface area contributed by atoms with Crippen LogP contribution in [-0.2, 0) is 9.53 Å². The van der Waals surface area contributed by atoms with Crippen LogP contribution in [0.2, 0.25) is 0 Å². The number of aliphatic imine (C=N–C) groups is 1. The number of nitrogens with zero attached hydrogens (tertiary/aromatic N) is 1. The molecule has 3 nitrogen and oxygen atoms in total. The Hall–Kier alpha value is -2.42. The van der Waals surface area contributed by atoms with E-state index in [9.17, 15) is 4.79 Å². The van der Waals surface area contributed by atoms with Crippen molar-refractivity contribution < 1.29 is 9.53 Å². The number of benzene rings is 2. The van der Waals surface area contributed by atoms with Gasteiger partial charge in [0.2, 0.25) is 0 Å². The Morgan fingerprint density at radius 3 is 2.27 bits per heavy atom. The van der Waals surface area contributed by atoms with Crippen molar-refractivity contribution in [1.82, 2.24) is 0 Å². The van der Waals surface area contributed by atoms with Gasteiger partial charge in [-0.3, -0.25) is 9.79 Å². The van der Waals surface area contributed by atoms with Crippen LogP contribution < -0.4 is 0 Å². The first kappa shape index (κ1) is 14.5. The van der Waals surface area contributed by atoms with Gasteiger partial charge in [0.1, 0.15) is 0 Å². The fourth-order valence-electron chi connectivity index (χ4n) is 3.09. The van der Waals surface area contributed by atoms with Crippen LogP contribution in [0.3, 0.4) is 0 Å². The number of esters is 1. The Labute approximate surface area is 130 Å². The lowest BCUT2D eigenvalue weighted by Gasteiger charge is -2.27. The van der Waals surface area contributed by atoms with E-state index in [-0.39, 0.29) is 12.0 Å². The van der Waals surface area contributed by atoms with Gasteiger partial charge < -0.3 is 4.74 Å². The summed E-state index contributed by atoms with van der Waals surface area (Å²) < 4.78 is 5.06. The predicted molar refractivity (Wildman–Crippen MR) is 86.9 cm³/mol. The van der Waals surface area contributed by atoms with Crippen LogP contribution in [0, 0.1) is 5.41 Å². The largest absolute Gasteiger partial charge is 0.469 e. The fraction of sp³-hybridized carbons (Fsp3) is 0.263. The summed E-state index contributed by atoms with van der Waals surface area (Å²) in [5.74, 6) is -0.212. The van der Waals surface area contributed by atoms with E-state index < -0.39 is 5.41 Å². The SMILES string of the molecule is COC(=O)[C@@]1(C)CC(c2ccccc2)=N[C@@H]1c1ccccc1. The zero-order chi connectivity index (χ0) is 15.6. The van der Waals surface area contributed by atoms with E-state index in [0.29, 0.717) is 6.42 Å². The summed E-state index contributed by atoms with van der Waals surface area (Å²) in [7, 11) is 1.44. The molecule has 1 aliphatic heterocycles. The van der Waals surface area contributed by atoms with Gasteiger partial charge in [0.25, 0.3) is 0 Å². The molecule has 112 valence electrons. The molecule has 1 aliphatic rings. The lowest BCUT2D eigenvalue weighted by molar-refractivity contribution is -0.152. The third kappa shape index (κ3) is 2.43. The molecule has 0 saturated carbocycles. The number of hydrogen-bond donors (Lipinski definition) is 0. The third-order valence-corrected chi connectivity index (χ3v) is 4.30. The van der Waals surface area contributed by atoms with Gasteiger partial charge in [0, 0.05) is 12.1 Å². The molecular weight excluding hydrogens is 274 g/mol. The summed E-state index contributed by atoms with van der Waals surface area (Å²) in [4.78, 5) is 17.3. The molecule has 0 aliphatic carbocycles. The Bertz CT molecular complexity index is 694. The second-order valence-corrected chi connectivity index (χ2v) is 5.84. The number of methoxy groups -OCH3 is 1. The van der Waals surface area contributed by atoms with Crippen LogP contribution in [0.25, 0.3) is 0 Å². The fourth-order valence-corrected chi connectivity index (χ4v) is 3.09. The average Bonchev–Trinajstić information content (AvgIpc) is 2.95. The highest BCUT2D eigenvalue weighted by Crippen LogP contribution is 2.47. The quantitative estimate of drug-likeness (QED) is 0.807. The number of rotatable bonds is 3. The van der Waals surface area contributed by atoms with Crippen molar-refractivity contribution in [2.75, 3.05) is 7.11 Å². The van der Waals surface area contributed by atoms with Crippen LogP contribution in [0.15, 0.2) is 65.7 Å². The third-order valence-electron chi connectivity index (χ3n) is 4.30. The summed E-state index contributed by atoms with van der Waals surface area (Å²) in [6.45, 7) is 1.94. The standard InChI is InChI=1S/C19H19NO2/c1-19(18(21)22-2)13-16(14-9-5-3-6-10-14)20-17(19)15-11-7-4-8-12-15/h3-12,17H,13H2,1-2H3/t17-,19+/m1/s1. The monoisotopic (exact) mass is 293 g/mol. The number of hydrogen-bond acceptors (Lipinski definition) is 3. The molecule has 3 heteroatoms. The molecular formula is C19H19NO2. The Balaban J connectivity index is 2.05. The van der Waals surface area contributed by atoms with Crippen molar-refractivity contribution in [2.24, 2.45) is 10.4 Å². The highest BCUT2D eigenvalue weighted by Gasteiger charge is 2.48. The lowest BCUT2D eigenvalue weighted by Crippen LogP contribution is -2.32. The molecule has 0 amide bonds. The van der Waals surface area contributed by atoms with Crippen molar-refractivity contribution >= 4 is 11.7 Å². The molecule has 0 fully saturated rings. The first-order chi connectivity index (χ1) is 10.6. The Morgan fingerprint density at radius 1 is 1.09 bits per heavy atom. The number of carbonyl (C=O) groups is 1. The molecule has 2 aromatic rings. The second kappa shape index (κ2) is 5.76. The van der Waals surface area contributed by atoms with E-state index in [1.165, 1.54) is 7.11 Å². The maximum absolute atomic E-state index is 12.4. The minimum atomic E-state index is -0.665. The van der Waals surface area contributed by atoms with Crippen LogP contribution in [-0.4, -0.2) is 18.8 Å². The summed E-state index contributed by atoms with van der Waals surface area (Å²) in [6, 6.07) is 19.8. The van der Waals surface area contributed by atoms with E-state index in [4.69, 9.17) is 9.73 Å². The second-order valence-electron chi connectivity index (χ2n) is 5.84. The maximum atomic E-state index is 12.4. The van der Waals surface area contributed by atoms with Crippen molar-refractivity contribution in [3.05, 3.63) is 71.8 Å². The first-order valence-corrected chi connectivity index (χ1v) is 7.40. The van der Waals surface area contributed by atoms with Gasteiger partial charge in [-0.15, -0.1) is 0 Å². The van der Waals surface area contributed by atoms with Crippen molar-refractivity contribution in [1.29, 1.82) is 0 Å². The average molecular weight is 293 g/mol. The van der Waals surface area contributed by atoms with Crippen molar-refractivity contribution in [3.8, 4) is 0 Å². The number of carbonyl (C=O) groups excluding carboxylic acids is 1. The topological polar surface area (TPSA) is 38.7 Å². The van der Waals surface area contributed by atoms with E-state index in [2.05, 4.69) is 0 Å². The first-order valence-electron chi connectivity index (χ1n) is 7.40. The summed E-state index contributed by atoms with van der Waals surface area (Å²) in [5, 5.41) is 0. The molecule has 3 rings (SSSR count). The maximum Gasteiger partial charge on any atom is 0.314 e. The van der Waals surface area contributed by atoms with Gasteiger partial charge >= 0.3 is 5.97 Å². The highest BCUT2D eigenvalue weighted by atomic mass is 16.5. The smallest absolute Gasteiger partial charge is 0.314 e. The van der Waals surface area contributed by atoms with E-state index in [1.54, 1.807) is 0 Å². The zero-order valence-corrected chi connectivity index (χ0v) is 12.8. The highest BCUT2D eigenvalue weighted by molar-refractivity contribution is 6.05. The molecule has 22 heavy (non-hydrogen) atoms. The minimum absolute atomic E-state index is 0.212. The number of ether oxygens (including phenoxy) is 1. The normalized spacial score (nSPS) is 23.9. The van der Waals surface area contributed by atoms with Gasteiger partial charge in [0.05, 0.1) is 18.6 Å². The summed E-state index contributed by atoms with van der Waals surface area (Å²) >= 11 is 0. The van der Waals surface area contributed by atoms with E-state index in [1.807, 2.05) is 67.6 Å². The minimum Gasteiger partial charge on any atom is -0.469 e. The molecule has 0 aromatic heterocycles. The molecule has 0 unspecified atom stereocenters. The summed E-state index contributed by atoms with van der Waals surface area (Å²) in [5.41, 5.74) is 2.40. The molecule has 0 radical (unpaired) electrons. The Kier molecular flexibility index (Phi) is 3.80. The van der Waals surface area contributed by atoms with Crippen LogP contribution >= 0.6 is 0 Å². The van der Waals surface area contributed by atoms with Gasteiger partial charge in [-0.25, -0.2) is 0 Å². The van der Waals surface area contributed by atoms with Gasteiger partial charge in [-0.2, -0.15) is 0 Å². The molecule has 0 saturated heterocycles. The van der Waals surface area contributed by atoms with Gasteiger partial charge in [-0.05, 0) is 18.1 Å². The molecule has 2 atom stereocenters. The molecule has 0 N–H and O–H groups in total. The predicted octanol–water partition coefficient (Wildman–Crippen LogP) is 3.80. The van der Waals surface area contributed by atoms with Gasteiger partial charge in [0.15, 0.2) is 0 Å². The molecule has 2 aromatic carbocycles. The molecule has 1 heterocycles. The van der Waals surface area contributed by atoms with Gasteiger partial charge in [-0.1, -0.05) is 60.7 Å². The van der Waals surface area contributed by atoms with E-state index in [0.717, 1.165) is 16.8 Å². The van der Waals surface area contributed by atoms with Crippen LogP contribution in [0.5, 0.6) is 0 Å².